The molecule has 0 amide bonds. The average Bonchev–Trinajstić information content (AvgIpc) is 2.26. The van der Waals surface area contributed by atoms with Crippen molar-refractivity contribution < 1.29 is 14.8 Å². The molecule has 0 fully saturated rings. The van der Waals surface area contributed by atoms with Gasteiger partial charge in [0, 0.05) is 12.1 Å². The van der Waals surface area contributed by atoms with Crippen LogP contribution in [-0.4, -0.2) is 34.5 Å². The van der Waals surface area contributed by atoms with E-state index < -0.39 is 16.9 Å². The maximum Gasteiger partial charge on any atom is 0.317 e. The van der Waals surface area contributed by atoms with Gasteiger partial charge < -0.3 is 5.11 Å². The molecule has 98 valence electrons. The van der Waals surface area contributed by atoms with E-state index in [2.05, 4.69) is 0 Å². The van der Waals surface area contributed by atoms with Crippen LogP contribution in [0.2, 0.25) is 5.02 Å². The van der Waals surface area contributed by atoms with Crippen LogP contribution in [0.15, 0.2) is 18.2 Å². The van der Waals surface area contributed by atoms with Crippen LogP contribution < -0.4 is 0 Å². The lowest BCUT2D eigenvalue weighted by Crippen LogP contribution is -2.29. The third-order valence-corrected chi connectivity index (χ3v) is 3.02. The second kappa shape index (κ2) is 5.79. The van der Waals surface area contributed by atoms with Crippen molar-refractivity contribution in [3.8, 4) is 0 Å². The van der Waals surface area contributed by atoms with Crippen molar-refractivity contribution in [3.63, 3.8) is 0 Å². The second-order valence-corrected chi connectivity index (χ2v) is 4.32. The summed E-state index contributed by atoms with van der Waals surface area (Å²) >= 11 is 5.97. The van der Waals surface area contributed by atoms with Gasteiger partial charge in [-0.1, -0.05) is 17.7 Å². The molecule has 0 aromatic heterocycles. The molecule has 0 aliphatic heterocycles. The minimum atomic E-state index is -1.00. The van der Waals surface area contributed by atoms with Gasteiger partial charge in [0.2, 0.25) is 0 Å². The smallest absolute Gasteiger partial charge is 0.317 e. The van der Waals surface area contributed by atoms with Gasteiger partial charge in [-0.2, -0.15) is 0 Å². The van der Waals surface area contributed by atoms with E-state index in [0.29, 0.717) is 5.56 Å². The van der Waals surface area contributed by atoms with Crippen LogP contribution in [0.4, 0.5) is 5.69 Å². The van der Waals surface area contributed by atoms with Crippen LogP contribution in [0.5, 0.6) is 0 Å². The van der Waals surface area contributed by atoms with E-state index in [1.165, 1.54) is 17.0 Å². The molecule has 7 heteroatoms. The van der Waals surface area contributed by atoms with Crippen molar-refractivity contribution in [3.05, 3.63) is 38.9 Å². The molecule has 0 heterocycles. The first-order valence-electron chi connectivity index (χ1n) is 5.19. The molecule has 6 nitrogen and oxygen atoms in total. The summed E-state index contributed by atoms with van der Waals surface area (Å²) in [6.45, 7) is 1.46. The minimum Gasteiger partial charge on any atom is -0.480 e. The Hall–Kier alpha value is -1.66. The molecule has 0 radical (unpaired) electrons. The zero-order valence-corrected chi connectivity index (χ0v) is 10.7. The number of nitro benzene ring substituents is 1. The predicted octanol–water partition coefficient (Wildman–Crippen LogP) is 2.33. The van der Waals surface area contributed by atoms with Crippen LogP contribution in [0.3, 0.4) is 0 Å². The van der Waals surface area contributed by atoms with Gasteiger partial charge >= 0.3 is 5.97 Å². The minimum absolute atomic E-state index is 0.104. The van der Waals surface area contributed by atoms with Gasteiger partial charge in [-0.3, -0.25) is 19.8 Å². The lowest BCUT2D eigenvalue weighted by Gasteiger charge is -2.23. The maximum atomic E-state index is 10.9. The number of hydrogen-bond acceptors (Lipinski definition) is 4. The summed E-state index contributed by atoms with van der Waals surface area (Å²) in [7, 11) is 1.58. The van der Waals surface area contributed by atoms with Gasteiger partial charge in [-0.05, 0) is 20.0 Å². The molecule has 1 unspecified atom stereocenters. The van der Waals surface area contributed by atoms with Gasteiger partial charge in [-0.25, -0.2) is 0 Å². The molecule has 0 aliphatic carbocycles. The van der Waals surface area contributed by atoms with Crippen molar-refractivity contribution in [2.75, 3.05) is 13.6 Å². The number of carbonyl (C=O) groups is 1. The van der Waals surface area contributed by atoms with E-state index in [1.807, 2.05) is 0 Å². The number of likely N-dealkylation sites (N-methyl/N-ethyl adjacent to an activating group) is 1. The number of nitro groups is 1. The highest BCUT2D eigenvalue weighted by atomic mass is 35.5. The van der Waals surface area contributed by atoms with E-state index in [0.717, 1.165) is 0 Å². The standard InChI is InChI=1S/C11H13ClN2O4/c1-7(13(2)6-10(15)16)11-8(12)4-3-5-9(11)14(17)18/h3-5,7H,6H2,1-2H3,(H,15,16). The van der Waals surface area contributed by atoms with E-state index >= 15 is 0 Å². The molecular formula is C11H13ClN2O4. The Labute approximate surface area is 109 Å². The van der Waals surface area contributed by atoms with Crippen molar-refractivity contribution >= 4 is 23.3 Å². The van der Waals surface area contributed by atoms with E-state index in [-0.39, 0.29) is 17.3 Å². The lowest BCUT2D eigenvalue weighted by atomic mass is 10.0. The molecule has 1 N–H and O–H groups in total. The number of nitrogens with zero attached hydrogens (tertiary/aromatic N) is 2. The quantitative estimate of drug-likeness (QED) is 0.657. The normalized spacial score (nSPS) is 12.4. The summed E-state index contributed by atoms with van der Waals surface area (Å²) in [5.41, 5.74) is 0.222. The van der Waals surface area contributed by atoms with E-state index in [1.54, 1.807) is 20.0 Å². The van der Waals surface area contributed by atoms with Gasteiger partial charge in [0.25, 0.3) is 5.69 Å². The van der Waals surface area contributed by atoms with Crippen LogP contribution in [0.25, 0.3) is 0 Å². The highest BCUT2D eigenvalue weighted by molar-refractivity contribution is 6.31. The number of rotatable bonds is 5. The van der Waals surface area contributed by atoms with E-state index in [4.69, 9.17) is 16.7 Å². The molecule has 1 aromatic rings. The SMILES string of the molecule is CC(c1c(Cl)cccc1[N+](=O)[O-])N(C)CC(=O)O. The Morgan fingerprint density at radius 2 is 2.22 bits per heavy atom. The second-order valence-electron chi connectivity index (χ2n) is 3.91. The Kier molecular flexibility index (Phi) is 4.63. The summed E-state index contributed by atoms with van der Waals surface area (Å²) in [4.78, 5) is 22.5. The first-order chi connectivity index (χ1) is 8.34. The van der Waals surface area contributed by atoms with Crippen LogP contribution in [0.1, 0.15) is 18.5 Å². The molecule has 0 spiro atoms. The molecule has 1 rings (SSSR count). The van der Waals surface area contributed by atoms with Crippen molar-refractivity contribution in [2.24, 2.45) is 0 Å². The zero-order chi connectivity index (χ0) is 13.9. The lowest BCUT2D eigenvalue weighted by molar-refractivity contribution is -0.385. The first kappa shape index (κ1) is 14.4. The third-order valence-electron chi connectivity index (χ3n) is 2.69. The Morgan fingerprint density at radius 3 is 2.72 bits per heavy atom. The monoisotopic (exact) mass is 272 g/mol. The number of hydrogen-bond donors (Lipinski definition) is 1. The highest BCUT2D eigenvalue weighted by Gasteiger charge is 2.25. The summed E-state index contributed by atoms with van der Waals surface area (Å²) in [6, 6.07) is 3.94. The number of carboxylic acids is 1. The van der Waals surface area contributed by atoms with Gasteiger partial charge in [0.1, 0.15) is 0 Å². The van der Waals surface area contributed by atoms with E-state index in [9.17, 15) is 14.9 Å². The molecular weight excluding hydrogens is 260 g/mol. The topological polar surface area (TPSA) is 83.7 Å². The fourth-order valence-corrected chi connectivity index (χ4v) is 2.00. The average molecular weight is 273 g/mol. The van der Waals surface area contributed by atoms with Crippen molar-refractivity contribution in [1.29, 1.82) is 0 Å². The Bertz CT molecular complexity index is 478. The fraction of sp³-hybridized carbons (Fsp3) is 0.364. The summed E-state index contributed by atoms with van der Waals surface area (Å²) < 4.78 is 0. The molecule has 0 saturated carbocycles. The highest BCUT2D eigenvalue weighted by Crippen LogP contribution is 2.34. The number of halogens is 1. The summed E-state index contributed by atoms with van der Waals surface area (Å²) in [5.74, 6) is -1.00. The largest absolute Gasteiger partial charge is 0.480 e. The number of aliphatic carboxylic acids is 1. The van der Waals surface area contributed by atoms with Gasteiger partial charge in [0.05, 0.1) is 22.1 Å². The molecule has 0 aliphatic rings. The number of carboxylic acid groups (broad SMARTS) is 1. The van der Waals surface area contributed by atoms with Crippen molar-refractivity contribution in [1.82, 2.24) is 4.90 Å². The Morgan fingerprint density at radius 1 is 1.61 bits per heavy atom. The fourth-order valence-electron chi connectivity index (χ4n) is 1.67. The molecule has 18 heavy (non-hydrogen) atoms. The number of benzene rings is 1. The third kappa shape index (κ3) is 3.18. The molecule has 0 bridgehead atoms. The summed E-state index contributed by atoms with van der Waals surface area (Å²) in [6.07, 6.45) is 0. The molecule has 1 aromatic carbocycles. The van der Waals surface area contributed by atoms with Crippen LogP contribution in [0, 0.1) is 10.1 Å². The van der Waals surface area contributed by atoms with Crippen LogP contribution in [-0.2, 0) is 4.79 Å². The summed E-state index contributed by atoms with van der Waals surface area (Å²) in [5, 5.41) is 19.9. The van der Waals surface area contributed by atoms with Gasteiger partial charge in [0.15, 0.2) is 0 Å². The molecule has 1 atom stereocenters. The zero-order valence-electron chi connectivity index (χ0n) is 9.96. The predicted molar refractivity (Wildman–Crippen MR) is 66.8 cm³/mol. The van der Waals surface area contributed by atoms with Crippen LogP contribution >= 0.6 is 11.6 Å². The first-order valence-corrected chi connectivity index (χ1v) is 5.57. The Balaban J connectivity index is 3.15. The molecule has 0 saturated heterocycles. The van der Waals surface area contributed by atoms with Crippen molar-refractivity contribution in [2.45, 2.75) is 13.0 Å². The maximum absolute atomic E-state index is 10.9. The van der Waals surface area contributed by atoms with Gasteiger partial charge in [-0.15, -0.1) is 0 Å².